The second-order valence-corrected chi connectivity index (χ2v) is 5.94. The molecule has 0 radical (unpaired) electrons. The van der Waals surface area contributed by atoms with E-state index in [1.54, 1.807) is 6.20 Å². The maximum Gasteiger partial charge on any atom is 0.257 e. The van der Waals surface area contributed by atoms with Crippen LogP contribution in [0.1, 0.15) is 54.6 Å². The lowest BCUT2D eigenvalue weighted by Crippen LogP contribution is -2.43. The van der Waals surface area contributed by atoms with Crippen LogP contribution in [0.2, 0.25) is 0 Å². The van der Waals surface area contributed by atoms with Crippen LogP contribution in [0, 0.1) is 12.8 Å². The minimum atomic E-state index is 0.0251. The smallest absolute Gasteiger partial charge is 0.257 e. The topological polar surface area (TPSA) is 66.1 Å². The number of aromatic nitrogens is 2. The van der Waals surface area contributed by atoms with Crippen molar-refractivity contribution in [2.24, 2.45) is 5.92 Å². The zero-order valence-electron chi connectivity index (χ0n) is 11.9. The summed E-state index contributed by atoms with van der Waals surface area (Å²) in [7, 11) is 0. The van der Waals surface area contributed by atoms with Gasteiger partial charge in [-0.25, -0.2) is 0 Å². The van der Waals surface area contributed by atoms with Crippen LogP contribution in [0.3, 0.4) is 0 Å². The van der Waals surface area contributed by atoms with Crippen LogP contribution in [0.5, 0.6) is 0 Å². The number of carbonyl (C=O) groups is 2. The van der Waals surface area contributed by atoms with E-state index in [9.17, 15) is 9.59 Å². The third-order valence-corrected chi connectivity index (χ3v) is 4.69. The predicted molar refractivity (Wildman–Crippen MR) is 74.3 cm³/mol. The van der Waals surface area contributed by atoms with Gasteiger partial charge in [0.25, 0.3) is 5.91 Å². The summed E-state index contributed by atoms with van der Waals surface area (Å²) in [4.78, 5) is 26.7. The van der Waals surface area contributed by atoms with Crippen molar-refractivity contribution < 1.29 is 9.59 Å². The van der Waals surface area contributed by atoms with Gasteiger partial charge in [-0.3, -0.25) is 14.7 Å². The van der Waals surface area contributed by atoms with Gasteiger partial charge in [-0.1, -0.05) is 6.42 Å². The van der Waals surface area contributed by atoms with Gasteiger partial charge in [-0.2, -0.15) is 5.10 Å². The van der Waals surface area contributed by atoms with Gasteiger partial charge in [0.05, 0.1) is 11.8 Å². The Hall–Kier alpha value is -1.65. The Balaban J connectivity index is 1.80. The number of nitrogens with one attached hydrogen (secondary N) is 1. The Morgan fingerprint density at radius 3 is 2.90 bits per heavy atom. The predicted octanol–water partition coefficient (Wildman–Crippen LogP) is 2.08. The van der Waals surface area contributed by atoms with Crippen molar-refractivity contribution in [3.63, 3.8) is 0 Å². The molecule has 0 aromatic carbocycles. The van der Waals surface area contributed by atoms with Crippen LogP contribution in [0.25, 0.3) is 0 Å². The standard InChI is InChI=1S/C15H21N3O2/c1-10-12(9-16-17-10)15(20)18-8-4-6-13(18)11-5-2-3-7-14(11)19/h9,11,13H,2-8H2,1H3,(H,16,17). The number of carbonyl (C=O) groups excluding carboxylic acids is 2. The zero-order valence-corrected chi connectivity index (χ0v) is 11.9. The normalized spacial score (nSPS) is 27.1. The molecule has 1 amide bonds. The van der Waals surface area contributed by atoms with E-state index in [2.05, 4.69) is 10.2 Å². The number of hydrogen-bond acceptors (Lipinski definition) is 3. The Morgan fingerprint density at radius 2 is 2.20 bits per heavy atom. The number of amides is 1. The minimum absolute atomic E-state index is 0.0251. The number of H-pyrrole nitrogens is 1. The number of rotatable bonds is 2. The van der Waals surface area contributed by atoms with Gasteiger partial charge in [-0.05, 0) is 32.6 Å². The number of hydrogen-bond donors (Lipinski definition) is 1. The van der Waals surface area contributed by atoms with Crippen LogP contribution >= 0.6 is 0 Å². The molecule has 2 atom stereocenters. The SMILES string of the molecule is Cc1[nH]ncc1C(=O)N1CCCC1C1CCCCC1=O. The van der Waals surface area contributed by atoms with Crippen molar-refractivity contribution >= 4 is 11.7 Å². The third-order valence-electron chi connectivity index (χ3n) is 4.69. The lowest BCUT2D eigenvalue weighted by Gasteiger charge is -2.33. The maximum atomic E-state index is 12.6. The molecule has 2 fully saturated rings. The zero-order chi connectivity index (χ0) is 14.1. The highest BCUT2D eigenvalue weighted by Crippen LogP contribution is 2.33. The summed E-state index contributed by atoms with van der Waals surface area (Å²) in [5.41, 5.74) is 1.44. The number of likely N-dealkylation sites (tertiary alicyclic amines) is 1. The van der Waals surface area contributed by atoms with Gasteiger partial charge in [0.1, 0.15) is 5.78 Å². The molecule has 5 heteroatoms. The molecular formula is C15H21N3O2. The summed E-state index contributed by atoms with van der Waals surface area (Å²) in [6, 6.07) is 0.101. The van der Waals surface area contributed by atoms with Crippen LogP contribution in [0.4, 0.5) is 0 Å². The Bertz CT molecular complexity index is 523. The van der Waals surface area contributed by atoms with E-state index in [0.29, 0.717) is 17.8 Å². The molecule has 0 spiro atoms. The van der Waals surface area contributed by atoms with Crippen molar-refractivity contribution in [3.8, 4) is 0 Å². The largest absolute Gasteiger partial charge is 0.335 e. The van der Waals surface area contributed by atoms with E-state index < -0.39 is 0 Å². The quantitative estimate of drug-likeness (QED) is 0.898. The average molecular weight is 275 g/mol. The Labute approximate surface area is 118 Å². The second kappa shape index (κ2) is 5.38. The molecular weight excluding hydrogens is 254 g/mol. The van der Waals surface area contributed by atoms with Gasteiger partial charge in [0.15, 0.2) is 0 Å². The van der Waals surface area contributed by atoms with Gasteiger partial charge in [0, 0.05) is 30.6 Å². The first-order valence-corrected chi connectivity index (χ1v) is 7.52. The summed E-state index contributed by atoms with van der Waals surface area (Å²) in [5, 5.41) is 6.74. The molecule has 5 nitrogen and oxygen atoms in total. The van der Waals surface area contributed by atoms with Gasteiger partial charge >= 0.3 is 0 Å². The van der Waals surface area contributed by atoms with Gasteiger partial charge in [-0.15, -0.1) is 0 Å². The van der Waals surface area contributed by atoms with E-state index in [4.69, 9.17) is 0 Å². The fourth-order valence-electron chi connectivity index (χ4n) is 3.60. The van der Waals surface area contributed by atoms with Crippen LogP contribution in [-0.4, -0.2) is 39.4 Å². The molecule has 1 aromatic heterocycles. The molecule has 108 valence electrons. The highest BCUT2D eigenvalue weighted by atomic mass is 16.2. The molecule has 1 aliphatic carbocycles. The number of aromatic amines is 1. The number of ketones is 1. The number of nitrogens with zero attached hydrogens (tertiary/aromatic N) is 2. The van der Waals surface area contributed by atoms with Crippen molar-refractivity contribution in [1.29, 1.82) is 0 Å². The molecule has 1 saturated carbocycles. The van der Waals surface area contributed by atoms with Crippen molar-refractivity contribution in [2.75, 3.05) is 6.54 Å². The van der Waals surface area contributed by atoms with E-state index >= 15 is 0 Å². The van der Waals surface area contributed by atoms with Gasteiger partial charge in [0.2, 0.25) is 0 Å². The summed E-state index contributed by atoms with van der Waals surface area (Å²) in [6.45, 7) is 2.62. The Kier molecular flexibility index (Phi) is 3.59. The van der Waals surface area contributed by atoms with Crippen LogP contribution in [-0.2, 0) is 4.79 Å². The van der Waals surface area contributed by atoms with Crippen LogP contribution in [0.15, 0.2) is 6.20 Å². The molecule has 1 aromatic rings. The fraction of sp³-hybridized carbons (Fsp3) is 0.667. The first-order chi connectivity index (χ1) is 9.68. The third kappa shape index (κ3) is 2.25. The van der Waals surface area contributed by atoms with Crippen molar-refractivity contribution in [3.05, 3.63) is 17.5 Å². The average Bonchev–Trinajstić information content (AvgIpc) is 3.07. The molecule has 20 heavy (non-hydrogen) atoms. The molecule has 3 rings (SSSR count). The highest BCUT2D eigenvalue weighted by molar-refractivity contribution is 5.96. The lowest BCUT2D eigenvalue weighted by molar-refractivity contribution is -0.126. The summed E-state index contributed by atoms with van der Waals surface area (Å²) >= 11 is 0. The molecule has 1 saturated heterocycles. The highest BCUT2D eigenvalue weighted by Gasteiger charge is 2.39. The Morgan fingerprint density at radius 1 is 1.35 bits per heavy atom. The van der Waals surface area contributed by atoms with E-state index in [1.807, 2.05) is 11.8 Å². The minimum Gasteiger partial charge on any atom is -0.335 e. The van der Waals surface area contributed by atoms with Crippen molar-refractivity contribution in [2.45, 2.75) is 51.5 Å². The first-order valence-electron chi connectivity index (χ1n) is 7.52. The number of aryl methyl sites for hydroxylation is 1. The fourth-order valence-corrected chi connectivity index (χ4v) is 3.60. The summed E-state index contributed by atoms with van der Waals surface area (Å²) < 4.78 is 0. The molecule has 2 aliphatic rings. The maximum absolute atomic E-state index is 12.6. The van der Waals surface area contributed by atoms with E-state index in [-0.39, 0.29) is 17.9 Å². The second-order valence-electron chi connectivity index (χ2n) is 5.94. The van der Waals surface area contributed by atoms with Gasteiger partial charge < -0.3 is 4.90 Å². The molecule has 1 aliphatic heterocycles. The summed E-state index contributed by atoms with van der Waals surface area (Å²) in [5.74, 6) is 0.435. The van der Waals surface area contributed by atoms with E-state index in [0.717, 1.165) is 44.3 Å². The molecule has 2 unspecified atom stereocenters. The molecule has 1 N–H and O–H groups in total. The molecule has 2 heterocycles. The number of Topliss-reactive ketones (excluding diaryl/α,β-unsaturated/α-hetero) is 1. The monoisotopic (exact) mass is 275 g/mol. The first kappa shape index (κ1) is 13.3. The summed E-state index contributed by atoms with van der Waals surface area (Å²) in [6.07, 6.45) is 7.30. The van der Waals surface area contributed by atoms with Crippen molar-refractivity contribution in [1.82, 2.24) is 15.1 Å². The van der Waals surface area contributed by atoms with Crippen LogP contribution < -0.4 is 0 Å². The van der Waals surface area contributed by atoms with E-state index in [1.165, 1.54) is 0 Å². The molecule has 0 bridgehead atoms. The lowest BCUT2D eigenvalue weighted by atomic mass is 9.81.